The van der Waals surface area contributed by atoms with E-state index in [0.717, 1.165) is 59.4 Å². The van der Waals surface area contributed by atoms with Gasteiger partial charge in [-0.15, -0.1) is 0 Å². The molecule has 1 unspecified atom stereocenters. The Morgan fingerprint density at radius 3 is 2.22 bits per heavy atom. The average Bonchev–Trinajstić information content (AvgIpc) is 2.94. The topological polar surface area (TPSA) is 86.8 Å². The predicted octanol–water partition coefficient (Wildman–Crippen LogP) is 5.50. The van der Waals surface area contributed by atoms with Gasteiger partial charge in [0.2, 0.25) is 21.8 Å². The third-order valence-corrected chi connectivity index (χ3v) is 8.84. The Balaban J connectivity index is 1.71. The molecule has 1 atom stereocenters. The summed E-state index contributed by atoms with van der Waals surface area (Å²) in [6.07, 6.45) is 6.47. The minimum Gasteiger partial charge on any atom is -0.352 e. The number of carbonyl (C=O) groups is 2. The van der Waals surface area contributed by atoms with Crippen LogP contribution in [0.5, 0.6) is 0 Å². The van der Waals surface area contributed by atoms with Gasteiger partial charge < -0.3 is 10.2 Å². The van der Waals surface area contributed by atoms with Crippen molar-refractivity contribution >= 4 is 39.1 Å². The van der Waals surface area contributed by atoms with E-state index in [-0.39, 0.29) is 18.5 Å². The van der Waals surface area contributed by atoms with Crippen LogP contribution in [0.15, 0.2) is 78.9 Å². The maximum Gasteiger partial charge on any atom is 0.244 e. The zero-order valence-corrected chi connectivity index (χ0v) is 25.2. The van der Waals surface area contributed by atoms with Gasteiger partial charge in [0.15, 0.2) is 0 Å². The van der Waals surface area contributed by atoms with Crippen molar-refractivity contribution in [3.05, 3.63) is 101 Å². The highest BCUT2D eigenvalue weighted by atomic mass is 35.5. The predicted molar refractivity (Wildman–Crippen MR) is 164 cm³/mol. The van der Waals surface area contributed by atoms with Crippen molar-refractivity contribution in [1.29, 1.82) is 0 Å². The number of nitrogens with one attached hydrogen (secondary N) is 1. The molecule has 218 valence electrons. The van der Waals surface area contributed by atoms with Gasteiger partial charge in [0, 0.05) is 24.0 Å². The number of amides is 2. The fourth-order valence-electron chi connectivity index (χ4n) is 5.33. The molecule has 3 aromatic carbocycles. The lowest BCUT2D eigenvalue weighted by Gasteiger charge is -2.35. The molecule has 1 N–H and O–H groups in total. The Morgan fingerprint density at radius 1 is 0.927 bits per heavy atom. The molecule has 0 heterocycles. The molecule has 0 radical (unpaired) electrons. The minimum absolute atomic E-state index is 0.0621. The molecular weight excluding hydrogens is 558 g/mol. The van der Waals surface area contributed by atoms with E-state index in [4.69, 9.17) is 11.6 Å². The summed E-state index contributed by atoms with van der Waals surface area (Å²) in [6, 6.07) is 22.9. The molecule has 1 aliphatic rings. The van der Waals surface area contributed by atoms with Crippen LogP contribution >= 0.6 is 11.6 Å². The summed E-state index contributed by atoms with van der Waals surface area (Å²) >= 11 is 6.04. The summed E-state index contributed by atoms with van der Waals surface area (Å²) in [5, 5.41) is 3.67. The average molecular weight is 596 g/mol. The van der Waals surface area contributed by atoms with Crippen LogP contribution in [-0.2, 0) is 32.6 Å². The van der Waals surface area contributed by atoms with Gasteiger partial charge in [-0.25, -0.2) is 8.42 Å². The van der Waals surface area contributed by atoms with Gasteiger partial charge >= 0.3 is 0 Å². The van der Waals surface area contributed by atoms with Crippen LogP contribution in [-0.4, -0.2) is 50.0 Å². The molecule has 2 amide bonds. The number of halogens is 1. The number of anilines is 1. The number of rotatable bonds is 11. The lowest BCUT2D eigenvalue weighted by molar-refractivity contribution is -0.140. The van der Waals surface area contributed by atoms with Gasteiger partial charge in [-0.1, -0.05) is 91.0 Å². The highest BCUT2D eigenvalue weighted by Gasteiger charge is 2.34. The number of nitrogens with zero attached hydrogens (tertiary/aromatic N) is 2. The van der Waals surface area contributed by atoms with Crippen LogP contribution in [0.3, 0.4) is 0 Å². The summed E-state index contributed by atoms with van der Waals surface area (Å²) < 4.78 is 26.8. The molecule has 1 fully saturated rings. The lowest BCUT2D eigenvalue weighted by atomic mass is 9.94. The van der Waals surface area contributed by atoms with Gasteiger partial charge in [-0.05, 0) is 55.2 Å². The Hall–Kier alpha value is -3.36. The molecule has 1 saturated carbocycles. The SMILES string of the molecule is Cc1cccc(CN(C(=O)CN(c2ccc(Cl)cc2)S(C)(=O)=O)C(Cc2ccccc2)C(=O)NC2CCCCC2)c1. The molecule has 3 aromatic rings. The molecule has 0 spiro atoms. The molecule has 0 bridgehead atoms. The van der Waals surface area contributed by atoms with E-state index in [1.165, 1.54) is 4.90 Å². The third-order valence-electron chi connectivity index (χ3n) is 7.45. The maximum atomic E-state index is 14.2. The van der Waals surface area contributed by atoms with Crippen molar-refractivity contribution in [3.8, 4) is 0 Å². The lowest BCUT2D eigenvalue weighted by Crippen LogP contribution is -2.55. The Labute approximate surface area is 248 Å². The van der Waals surface area contributed by atoms with Gasteiger partial charge in [0.25, 0.3) is 0 Å². The molecule has 0 aliphatic heterocycles. The number of hydrogen-bond donors (Lipinski definition) is 1. The van der Waals surface area contributed by atoms with Gasteiger partial charge in [0.1, 0.15) is 12.6 Å². The second-order valence-corrected chi connectivity index (χ2v) is 13.1. The van der Waals surface area contributed by atoms with Crippen LogP contribution < -0.4 is 9.62 Å². The number of carbonyl (C=O) groups excluding carboxylic acids is 2. The second kappa shape index (κ2) is 14.0. The molecule has 9 heteroatoms. The molecule has 41 heavy (non-hydrogen) atoms. The smallest absolute Gasteiger partial charge is 0.244 e. The molecule has 4 rings (SSSR count). The standard InChI is InChI=1S/C32H38ClN3O4S/c1-24-10-9-13-26(20-24)22-35(31(37)23-36(41(2,39)40)29-18-16-27(33)17-19-29)30(21-25-11-5-3-6-12-25)32(38)34-28-14-7-4-8-15-28/h3,5-6,9-13,16-20,28,30H,4,7-8,14-15,21-23H2,1-2H3,(H,34,38). The van der Waals surface area contributed by atoms with E-state index in [2.05, 4.69) is 5.32 Å². The third kappa shape index (κ3) is 8.81. The summed E-state index contributed by atoms with van der Waals surface area (Å²) in [7, 11) is -3.82. The first-order valence-corrected chi connectivity index (χ1v) is 16.3. The monoisotopic (exact) mass is 595 g/mol. The maximum absolute atomic E-state index is 14.2. The Kier molecular flexibility index (Phi) is 10.5. The van der Waals surface area contributed by atoms with E-state index in [9.17, 15) is 18.0 Å². The van der Waals surface area contributed by atoms with E-state index in [1.807, 2.05) is 61.5 Å². The number of sulfonamides is 1. The van der Waals surface area contributed by atoms with Gasteiger partial charge in [-0.3, -0.25) is 13.9 Å². The fourth-order valence-corrected chi connectivity index (χ4v) is 6.30. The highest BCUT2D eigenvalue weighted by Crippen LogP contribution is 2.23. The van der Waals surface area contributed by atoms with Crippen molar-refractivity contribution in [2.75, 3.05) is 17.1 Å². The summed E-state index contributed by atoms with van der Waals surface area (Å²) in [5.41, 5.74) is 3.13. The molecule has 7 nitrogen and oxygen atoms in total. The normalized spacial score (nSPS) is 14.7. The number of hydrogen-bond acceptors (Lipinski definition) is 4. The van der Waals surface area contributed by atoms with Gasteiger partial charge in [0.05, 0.1) is 11.9 Å². The largest absolute Gasteiger partial charge is 0.352 e. The van der Waals surface area contributed by atoms with E-state index in [1.54, 1.807) is 24.3 Å². The van der Waals surface area contributed by atoms with Crippen LogP contribution in [0.2, 0.25) is 5.02 Å². The molecule has 0 saturated heterocycles. The zero-order chi connectivity index (χ0) is 29.4. The molecule has 0 aromatic heterocycles. The van der Waals surface area contributed by atoms with Crippen molar-refractivity contribution in [3.63, 3.8) is 0 Å². The first-order chi connectivity index (χ1) is 19.6. The number of benzene rings is 3. The Morgan fingerprint density at radius 2 is 1.59 bits per heavy atom. The first kappa shape index (κ1) is 30.6. The van der Waals surface area contributed by atoms with Crippen molar-refractivity contribution in [2.45, 2.75) is 64.1 Å². The van der Waals surface area contributed by atoms with Crippen LogP contribution in [0, 0.1) is 6.92 Å². The van der Waals surface area contributed by atoms with E-state index >= 15 is 0 Å². The first-order valence-electron chi connectivity index (χ1n) is 14.0. The van der Waals surface area contributed by atoms with Crippen LogP contribution in [0.25, 0.3) is 0 Å². The molecular formula is C32H38ClN3O4S. The summed E-state index contributed by atoms with van der Waals surface area (Å²) in [6.45, 7) is 1.68. The Bertz CT molecular complexity index is 1420. The van der Waals surface area contributed by atoms with Crippen molar-refractivity contribution < 1.29 is 18.0 Å². The van der Waals surface area contributed by atoms with Crippen LogP contribution in [0.4, 0.5) is 5.69 Å². The summed E-state index contributed by atoms with van der Waals surface area (Å²) in [5.74, 6) is -0.689. The van der Waals surface area contributed by atoms with Crippen molar-refractivity contribution in [2.24, 2.45) is 0 Å². The highest BCUT2D eigenvalue weighted by molar-refractivity contribution is 7.92. The van der Waals surface area contributed by atoms with Crippen LogP contribution in [0.1, 0.15) is 48.8 Å². The van der Waals surface area contributed by atoms with E-state index < -0.39 is 28.5 Å². The fraction of sp³-hybridized carbons (Fsp3) is 0.375. The van der Waals surface area contributed by atoms with Crippen molar-refractivity contribution in [1.82, 2.24) is 10.2 Å². The summed E-state index contributed by atoms with van der Waals surface area (Å²) in [4.78, 5) is 29.7. The van der Waals surface area contributed by atoms with Gasteiger partial charge in [-0.2, -0.15) is 0 Å². The van der Waals surface area contributed by atoms with E-state index in [0.29, 0.717) is 17.1 Å². The molecule has 1 aliphatic carbocycles. The quantitative estimate of drug-likeness (QED) is 0.317. The number of aryl methyl sites for hydroxylation is 1. The minimum atomic E-state index is -3.82. The zero-order valence-electron chi connectivity index (χ0n) is 23.6. The second-order valence-electron chi connectivity index (χ2n) is 10.8.